The van der Waals surface area contributed by atoms with Crippen molar-refractivity contribution in [1.82, 2.24) is 0 Å². The van der Waals surface area contributed by atoms with Gasteiger partial charge in [-0.25, -0.2) is 0 Å². The molecule has 56 heavy (non-hydrogen) atoms. The zero-order valence-corrected chi connectivity index (χ0v) is 33.4. The van der Waals surface area contributed by atoms with E-state index in [-0.39, 0.29) is 43.0 Å². The third-order valence-electron chi connectivity index (χ3n) is 17.1. The fourth-order valence-corrected chi connectivity index (χ4v) is 13.5. The van der Waals surface area contributed by atoms with Gasteiger partial charge >= 0.3 is 5.97 Å². The number of esters is 1. The van der Waals surface area contributed by atoms with Crippen LogP contribution in [-0.4, -0.2) is 151 Å². The van der Waals surface area contributed by atoms with E-state index in [1.807, 2.05) is 13.8 Å². The zero-order chi connectivity index (χ0) is 41.0. The van der Waals surface area contributed by atoms with Gasteiger partial charge in [-0.3, -0.25) is 4.79 Å². The average Bonchev–Trinajstić information content (AvgIpc) is 3.16. The lowest BCUT2D eigenvalue weighted by Gasteiger charge is -2.72. The summed E-state index contributed by atoms with van der Waals surface area (Å²) in [6, 6.07) is 0. The van der Waals surface area contributed by atoms with Gasteiger partial charge in [-0.2, -0.15) is 0 Å². The number of aliphatic hydroxyl groups is 10. The van der Waals surface area contributed by atoms with E-state index in [4.69, 9.17) is 18.9 Å². The van der Waals surface area contributed by atoms with E-state index in [1.165, 1.54) is 0 Å². The molecule has 6 fully saturated rings. The number of carbonyl (C=O) groups excluding carboxylic acids is 1. The number of hydrogen-bond donors (Lipinski definition) is 10. The van der Waals surface area contributed by atoms with Crippen LogP contribution in [0.3, 0.4) is 0 Å². The van der Waals surface area contributed by atoms with Gasteiger partial charge in [-0.15, -0.1) is 0 Å². The van der Waals surface area contributed by atoms with Gasteiger partial charge in [0.2, 0.25) is 6.29 Å². The van der Waals surface area contributed by atoms with Crippen LogP contribution in [0.25, 0.3) is 0 Å². The molecule has 0 bridgehead atoms. The Morgan fingerprint density at radius 1 is 0.768 bits per heavy atom. The Morgan fingerprint density at radius 3 is 2.11 bits per heavy atom. The molecule has 2 aliphatic heterocycles. The van der Waals surface area contributed by atoms with Crippen molar-refractivity contribution in [2.75, 3.05) is 26.4 Å². The van der Waals surface area contributed by atoms with Crippen LogP contribution in [0.4, 0.5) is 0 Å². The Bertz CT molecular complexity index is 1510. The zero-order valence-electron chi connectivity index (χ0n) is 33.4. The number of hydrogen-bond acceptors (Lipinski definition) is 15. The van der Waals surface area contributed by atoms with Crippen molar-refractivity contribution >= 4 is 5.97 Å². The van der Waals surface area contributed by atoms with Crippen LogP contribution >= 0.6 is 0 Å². The molecular formula is C41H66O15. The van der Waals surface area contributed by atoms with E-state index in [0.29, 0.717) is 51.4 Å². The monoisotopic (exact) mass is 798 g/mol. The van der Waals surface area contributed by atoms with Gasteiger partial charge in [0.1, 0.15) is 42.7 Å². The van der Waals surface area contributed by atoms with E-state index >= 15 is 0 Å². The molecule has 0 aromatic carbocycles. The first-order valence-electron chi connectivity index (χ1n) is 20.6. The summed E-state index contributed by atoms with van der Waals surface area (Å²) in [7, 11) is 0. The number of aliphatic hydroxyl groups excluding tert-OH is 10. The highest BCUT2D eigenvalue weighted by molar-refractivity contribution is 5.79. The maximum absolute atomic E-state index is 14.6. The first-order chi connectivity index (χ1) is 26.2. The van der Waals surface area contributed by atoms with Crippen molar-refractivity contribution in [2.24, 2.45) is 50.2 Å². The molecule has 2 saturated heterocycles. The number of allylic oxidation sites excluding steroid dienone is 2. The van der Waals surface area contributed by atoms with E-state index in [2.05, 4.69) is 26.8 Å². The number of carbonyl (C=O) groups is 1. The number of rotatable bonds is 7. The predicted octanol–water partition coefficient (Wildman–Crippen LogP) is -0.129. The van der Waals surface area contributed by atoms with Crippen LogP contribution in [0.5, 0.6) is 0 Å². The van der Waals surface area contributed by atoms with Crippen LogP contribution < -0.4 is 0 Å². The summed E-state index contributed by atoms with van der Waals surface area (Å²) in [6.45, 7) is 9.49. The van der Waals surface area contributed by atoms with E-state index in [9.17, 15) is 55.9 Å². The van der Waals surface area contributed by atoms with Crippen molar-refractivity contribution in [3.05, 3.63) is 11.6 Å². The minimum Gasteiger partial charge on any atom is -0.432 e. The maximum Gasteiger partial charge on any atom is 0.315 e. The molecule has 7 aliphatic rings. The highest BCUT2D eigenvalue weighted by Crippen LogP contribution is 2.76. The lowest BCUT2D eigenvalue weighted by Crippen LogP contribution is -2.69. The fourth-order valence-electron chi connectivity index (χ4n) is 13.5. The second-order valence-electron chi connectivity index (χ2n) is 20.0. The summed E-state index contributed by atoms with van der Waals surface area (Å²) >= 11 is 0. The van der Waals surface area contributed by atoms with Crippen molar-refractivity contribution in [2.45, 2.75) is 160 Å². The predicted molar refractivity (Wildman–Crippen MR) is 196 cm³/mol. The highest BCUT2D eigenvalue weighted by atomic mass is 16.7. The van der Waals surface area contributed by atoms with Gasteiger partial charge in [-0.05, 0) is 97.2 Å². The molecule has 7 rings (SSSR count). The average molecular weight is 799 g/mol. The first kappa shape index (κ1) is 42.8. The van der Waals surface area contributed by atoms with Gasteiger partial charge in [0.05, 0.1) is 37.4 Å². The smallest absolute Gasteiger partial charge is 0.315 e. The molecule has 10 N–H and O–H groups in total. The molecule has 15 heteroatoms. The quantitative estimate of drug-likeness (QED) is 0.0915. The van der Waals surface area contributed by atoms with Gasteiger partial charge in [-0.1, -0.05) is 46.3 Å². The van der Waals surface area contributed by atoms with E-state index < -0.39 is 107 Å². The summed E-state index contributed by atoms with van der Waals surface area (Å²) in [6.07, 6.45) is -8.04. The summed E-state index contributed by atoms with van der Waals surface area (Å²) < 4.78 is 23.4. The minimum atomic E-state index is -1.73. The van der Waals surface area contributed by atoms with Crippen molar-refractivity contribution in [1.29, 1.82) is 0 Å². The molecule has 320 valence electrons. The molecule has 0 radical (unpaired) electrons. The fraction of sp³-hybridized carbons (Fsp3) is 0.927. The van der Waals surface area contributed by atoms with Crippen molar-refractivity contribution in [3.63, 3.8) is 0 Å². The molecule has 0 aromatic heterocycles. The first-order valence-corrected chi connectivity index (χ1v) is 20.6. The van der Waals surface area contributed by atoms with E-state index in [0.717, 1.165) is 12.0 Å². The Kier molecular flexibility index (Phi) is 11.2. The van der Waals surface area contributed by atoms with Crippen LogP contribution in [0, 0.1) is 50.2 Å². The SMILES string of the molecule is CC1(CO)CC[C@]2(C(=O)O[C@@H]3O[C@H](CO)[C@@H](O)[C@H](O)[C@H]3O)CC[C@]3(C)C(=CCC4[C@@]5(C)C[C@H](O)[C@H](O[C@@H]6OC[C@@H](O)[C@H](O)[C@H]6O)[C@@](C)(CO)C5CC[C@]43C)C2C1. The Balaban J connectivity index is 1.20. The van der Waals surface area contributed by atoms with Gasteiger partial charge < -0.3 is 70.0 Å². The Labute approximate surface area is 328 Å². The van der Waals surface area contributed by atoms with Crippen LogP contribution in [0.1, 0.15) is 92.4 Å². The molecule has 0 amide bonds. The number of fused-ring (bicyclic) bond motifs is 7. The summed E-state index contributed by atoms with van der Waals surface area (Å²) in [5.74, 6) is -0.947. The summed E-state index contributed by atoms with van der Waals surface area (Å²) in [5, 5.41) is 106. The molecule has 15 nitrogen and oxygen atoms in total. The molecule has 5 aliphatic carbocycles. The van der Waals surface area contributed by atoms with Crippen LogP contribution in [-0.2, 0) is 23.7 Å². The second kappa shape index (κ2) is 14.7. The summed E-state index contributed by atoms with van der Waals surface area (Å²) in [4.78, 5) is 14.6. The van der Waals surface area contributed by atoms with Crippen molar-refractivity contribution < 1.29 is 74.8 Å². The molecule has 20 atom stereocenters. The molecule has 4 unspecified atom stereocenters. The lowest BCUT2D eigenvalue weighted by atomic mass is 9.33. The molecule has 2 heterocycles. The molecular weight excluding hydrogens is 732 g/mol. The third kappa shape index (κ3) is 6.12. The van der Waals surface area contributed by atoms with Gasteiger partial charge in [0.15, 0.2) is 6.29 Å². The topological polar surface area (TPSA) is 256 Å². The maximum atomic E-state index is 14.6. The molecule has 0 spiro atoms. The lowest BCUT2D eigenvalue weighted by molar-refractivity contribution is -0.328. The summed E-state index contributed by atoms with van der Waals surface area (Å²) in [5.41, 5.74) is -2.48. The van der Waals surface area contributed by atoms with Gasteiger partial charge in [0, 0.05) is 12.0 Å². The standard InChI is InChI=1S/C41H66O15/c1-36(18-43)10-12-41(35(52)56-34-31(51)29(49)28(48)24(16-42)54-34)13-11-39(4)20(21(41)14-36)6-7-26-37(2)15-22(45)32(55-33-30(50)27(47)23(46)17-53-33)38(3,19-44)25(37)8-9-40(26,39)5/h6,21-34,42-51H,7-19H2,1-5H3/t21?,22-,23+,24+,25?,26?,27-,28+,29-,30+,31+,32-,33-,34-,36?,37-,38-,39+,40+,41-/m0/s1. The number of ether oxygens (including phenoxy) is 4. The van der Waals surface area contributed by atoms with Gasteiger partial charge in [0.25, 0.3) is 0 Å². The van der Waals surface area contributed by atoms with Crippen LogP contribution in [0.15, 0.2) is 11.6 Å². The second-order valence-corrected chi connectivity index (χ2v) is 20.0. The largest absolute Gasteiger partial charge is 0.432 e. The minimum absolute atomic E-state index is 0.0545. The van der Waals surface area contributed by atoms with E-state index in [1.54, 1.807) is 0 Å². The van der Waals surface area contributed by atoms with Crippen molar-refractivity contribution in [3.8, 4) is 0 Å². The Morgan fingerprint density at radius 2 is 1.45 bits per heavy atom. The highest BCUT2D eigenvalue weighted by Gasteiger charge is 2.71. The van der Waals surface area contributed by atoms with Crippen LogP contribution in [0.2, 0.25) is 0 Å². The molecule has 0 aromatic rings. The Hall–Kier alpha value is -1.31. The third-order valence-corrected chi connectivity index (χ3v) is 17.1. The molecule has 4 saturated carbocycles. The normalized spacial score (nSPS) is 55.8.